The second-order valence-electron chi connectivity index (χ2n) is 8.13. The number of benzene rings is 1. The first-order chi connectivity index (χ1) is 14.1. The van der Waals surface area contributed by atoms with Gasteiger partial charge >= 0.3 is 0 Å². The third-order valence-electron chi connectivity index (χ3n) is 5.90. The number of rotatable bonds is 7. The van der Waals surface area contributed by atoms with Crippen LogP contribution >= 0.6 is 0 Å². The highest BCUT2D eigenvalue weighted by atomic mass is 32.2. The minimum atomic E-state index is -3.38. The highest BCUT2D eigenvalue weighted by Gasteiger charge is 2.27. The summed E-state index contributed by atoms with van der Waals surface area (Å²) in [5.74, 6) is 0.850. The Balaban J connectivity index is 1.40. The first-order valence-corrected chi connectivity index (χ1v) is 11.8. The second kappa shape index (κ2) is 7.55. The number of aromatic amines is 1. The minimum Gasteiger partial charge on any atom is -0.342 e. The van der Waals surface area contributed by atoms with Gasteiger partial charge in [-0.3, -0.25) is 0 Å². The number of fused-ring (bicyclic) bond motifs is 1. The number of hydrogen-bond donors (Lipinski definition) is 2. The largest absolute Gasteiger partial charge is 0.342 e. The lowest BCUT2D eigenvalue weighted by Crippen LogP contribution is -2.27. The molecule has 2 aromatic heterocycles. The van der Waals surface area contributed by atoms with E-state index in [4.69, 9.17) is 0 Å². The fourth-order valence-electron chi connectivity index (χ4n) is 4.05. The van der Waals surface area contributed by atoms with Crippen molar-refractivity contribution in [1.82, 2.24) is 19.6 Å². The summed E-state index contributed by atoms with van der Waals surface area (Å²) in [4.78, 5) is 8.23. The molecule has 6 nitrogen and oxygen atoms in total. The molecule has 0 amide bonds. The Hall–Kier alpha value is -2.22. The fourth-order valence-corrected chi connectivity index (χ4v) is 5.56. The summed E-state index contributed by atoms with van der Waals surface area (Å²) in [5.41, 5.74) is 4.03. The highest BCUT2D eigenvalue weighted by Crippen LogP contribution is 2.30. The molecule has 0 radical (unpaired) electrons. The van der Waals surface area contributed by atoms with E-state index in [1.54, 1.807) is 22.6 Å². The van der Waals surface area contributed by atoms with Crippen LogP contribution in [0.5, 0.6) is 0 Å². The molecule has 2 fully saturated rings. The van der Waals surface area contributed by atoms with Crippen LogP contribution in [0.25, 0.3) is 22.2 Å². The van der Waals surface area contributed by atoms with E-state index in [1.165, 1.54) is 12.8 Å². The van der Waals surface area contributed by atoms with Gasteiger partial charge in [0.25, 0.3) is 0 Å². The van der Waals surface area contributed by atoms with Crippen molar-refractivity contribution in [3.8, 4) is 11.1 Å². The number of pyridine rings is 1. The van der Waals surface area contributed by atoms with Gasteiger partial charge in [-0.05, 0) is 73.5 Å². The molecule has 29 heavy (non-hydrogen) atoms. The molecular weight excluding hydrogens is 384 g/mol. The highest BCUT2D eigenvalue weighted by molar-refractivity contribution is 7.89. The summed E-state index contributed by atoms with van der Waals surface area (Å²) in [7, 11) is -3.38. The Bertz CT molecular complexity index is 1110. The zero-order chi connectivity index (χ0) is 19.8. The van der Waals surface area contributed by atoms with Crippen LogP contribution in [0, 0.1) is 5.92 Å². The Morgan fingerprint density at radius 2 is 1.86 bits per heavy atom. The summed E-state index contributed by atoms with van der Waals surface area (Å²) in [6, 6.07) is 11.4. The Kier molecular flexibility index (Phi) is 4.89. The molecule has 7 heteroatoms. The van der Waals surface area contributed by atoms with Crippen molar-refractivity contribution in [3.05, 3.63) is 48.3 Å². The number of hydrogen-bond acceptors (Lipinski definition) is 4. The van der Waals surface area contributed by atoms with Crippen LogP contribution in [-0.2, 0) is 16.6 Å². The van der Waals surface area contributed by atoms with E-state index in [-0.39, 0.29) is 0 Å². The van der Waals surface area contributed by atoms with Gasteiger partial charge in [-0.2, -0.15) is 4.31 Å². The Labute approximate surface area is 171 Å². The van der Waals surface area contributed by atoms with Crippen molar-refractivity contribution in [2.45, 2.75) is 37.1 Å². The number of aromatic nitrogens is 2. The van der Waals surface area contributed by atoms with Gasteiger partial charge in [0.2, 0.25) is 10.0 Å². The van der Waals surface area contributed by atoms with E-state index in [9.17, 15) is 8.42 Å². The third-order valence-corrected chi connectivity index (χ3v) is 7.81. The molecule has 2 N–H and O–H groups in total. The van der Waals surface area contributed by atoms with Crippen LogP contribution in [0.4, 0.5) is 0 Å². The molecule has 152 valence electrons. The molecule has 3 aromatic rings. The van der Waals surface area contributed by atoms with Crippen LogP contribution in [-0.4, -0.2) is 42.3 Å². The van der Waals surface area contributed by atoms with E-state index in [2.05, 4.69) is 21.4 Å². The van der Waals surface area contributed by atoms with Crippen molar-refractivity contribution in [2.75, 3.05) is 19.6 Å². The van der Waals surface area contributed by atoms with Crippen LogP contribution in [0.15, 0.2) is 47.5 Å². The fraction of sp³-hybridized carbons (Fsp3) is 0.409. The van der Waals surface area contributed by atoms with Gasteiger partial charge in [-0.15, -0.1) is 0 Å². The van der Waals surface area contributed by atoms with Crippen molar-refractivity contribution >= 4 is 21.1 Å². The molecule has 5 rings (SSSR count). The quantitative estimate of drug-likeness (QED) is 0.625. The SMILES string of the molecule is O=S(=O)(c1ccc(-c2ccnc3[nH]c(CNCC4CC4)cc23)cc1)N1CCCC1. The summed E-state index contributed by atoms with van der Waals surface area (Å²) in [6.07, 6.45) is 6.36. The number of nitrogens with one attached hydrogen (secondary N) is 2. The van der Waals surface area contributed by atoms with E-state index < -0.39 is 10.0 Å². The van der Waals surface area contributed by atoms with Gasteiger partial charge in [0.15, 0.2) is 0 Å². The molecule has 1 saturated carbocycles. The maximum Gasteiger partial charge on any atom is 0.243 e. The summed E-state index contributed by atoms with van der Waals surface area (Å²) in [6.45, 7) is 3.12. The average Bonchev–Trinajstić information content (AvgIpc) is 3.20. The molecule has 1 aliphatic heterocycles. The zero-order valence-corrected chi connectivity index (χ0v) is 17.2. The molecule has 0 unspecified atom stereocenters. The van der Waals surface area contributed by atoms with Crippen molar-refractivity contribution < 1.29 is 8.42 Å². The zero-order valence-electron chi connectivity index (χ0n) is 16.4. The summed E-state index contributed by atoms with van der Waals surface area (Å²) >= 11 is 0. The maximum atomic E-state index is 12.8. The van der Waals surface area contributed by atoms with Gasteiger partial charge < -0.3 is 10.3 Å². The predicted molar refractivity (Wildman–Crippen MR) is 114 cm³/mol. The summed E-state index contributed by atoms with van der Waals surface area (Å²) in [5, 5.41) is 4.57. The molecule has 0 atom stereocenters. The Morgan fingerprint density at radius 1 is 1.10 bits per heavy atom. The first-order valence-electron chi connectivity index (χ1n) is 10.4. The molecule has 0 spiro atoms. The lowest BCUT2D eigenvalue weighted by Gasteiger charge is -2.15. The lowest BCUT2D eigenvalue weighted by molar-refractivity contribution is 0.477. The molecule has 3 heterocycles. The molecule has 1 aliphatic carbocycles. The van der Waals surface area contributed by atoms with Crippen LogP contribution in [0.2, 0.25) is 0 Å². The van der Waals surface area contributed by atoms with Gasteiger partial charge in [0.05, 0.1) is 4.90 Å². The van der Waals surface area contributed by atoms with E-state index in [0.29, 0.717) is 18.0 Å². The van der Waals surface area contributed by atoms with Crippen molar-refractivity contribution in [3.63, 3.8) is 0 Å². The van der Waals surface area contributed by atoms with Crippen molar-refractivity contribution in [1.29, 1.82) is 0 Å². The predicted octanol–water partition coefficient (Wildman–Crippen LogP) is 3.51. The topological polar surface area (TPSA) is 78.1 Å². The van der Waals surface area contributed by atoms with Crippen LogP contribution in [0.1, 0.15) is 31.4 Å². The second-order valence-corrected chi connectivity index (χ2v) is 10.1. The van der Waals surface area contributed by atoms with E-state index >= 15 is 0 Å². The standard InChI is InChI=1S/C22H26N4O2S/c27-29(28,26-11-1-2-12-26)19-7-5-17(6-8-19)20-9-10-24-22-21(20)13-18(25-22)15-23-14-16-3-4-16/h5-10,13,16,23H,1-4,11-12,14-15H2,(H,24,25). The molecule has 1 aromatic carbocycles. The van der Waals surface area contributed by atoms with E-state index in [1.807, 2.05) is 18.2 Å². The van der Waals surface area contributed by atoms with E-state index in [0.717, 1.165) is 59.7 Å². The van der Waals surface area contributed by atoms with Crippen LogP contribution in [0.3, 0.4) is 0 Å². The monoisotopic (exact) mass is 410 g/mol. The van der Waals surface area contributed by atoms with Crippen LogP contribution < -0.4 is 5.32 Å². The van der Waals surface area contributed by atoms with Gasteiger partial charge in [-0.25, -0.2) is 13.4 Å². The smallest absolute Gasteiger partial charge is 0.243 e. The number of sulfonamides is 1. The van der Waals surface area contributed by atoms with Crippen molar-refractivity contribution in [2.24, 2.45) is 5.92 Å². The third kappa shape index (κ3) is 3.82. The maximum absolute atomic E-state index is 12.8. The molecule has 0 bridgehead atoms. The average molecular weight is 411 g/mol. The number of H-pyrrole nitrogens is 1. The minimum absolute atomic E-state index is 0.368. The summed E-state index contributed by atoms with van der Waals surface area (Å²) < 4.78 is 27.1. The molecule has 2 aliphatic rings. The number of nitrogens with zero attached hydrogens (tertiary/aromatic N) is 2. The molecule has 1 saturated heterocycles. The van der Waals surface area contributed by atoms with Gasteiger partial charge in [0.1, 0.15) is 5.65 Å². The first kappa shape index (κ1) is 18.8. The van der Waals surface area contributed by atoms with Gasteiger partial charge in [-0.1, -0.05) is 12.1 Å². The normalized spacial score (nSPS) is 17.9. The lowest BCUT2D eigenvalue weighted by atomic mass is 10.0. The Morgan fingerprint density at radius 3 is 2.59 bits per heavy atom. The molecular formula is C22H26N4O2S. The van der Waals surface area contributed by atoms with Gasteiger partial charge in [0, 0.05) is 36.9 Å².